The summed E-state index contributed by atoms with van der Waals surface area (Å²) in [5, 5.41) is 10.00. The minimum atomic E-state index is -0.499. The van der Waals surface area contributed by atoms with Crippen LogP contribution in [0.3, 0.4) is 0 Å². The number of aryl methyl sites for hydroxylation is 1. The summed E-state index contributed by atoms with van der Waals surface area (Å²) in [7, 11) is 0. The number of hydrogen-bond donors (Lipinski definition) is 2. The van der Waals surface area contributed by atoms with Gasteiger partial charge in [0, 0.05) is 17.5 Å². The molecule has 3 N–H and O–H groups in total. The van der Waals surface area contributed by atoms with Crippen LogP contribution in [0.5, 0.6) is 5.75 Å². The van der Waals surface area contributed by atoms with Crippen LogP contribution in [-0.2, 0) is 5.41 Å². The summed E-state index contributed by atoms with van der Waals surface area (Å²) in [6.07, 6.45) is 5.30. The van der Waals surface area contributed by atoms with E-state index in [1.54, 1.807) is 13.0 Å². The van der Waals surface area contributed by atoms with Crippen LogP contribution in [0.25, 0.3) is 0 Å². The van der Waals surface area contributed by atoms with Crippen LogP contribution >= 0.6 is 0 Å². The number of benzene rings is 1. The Morgan fingerprint density at radius 1 is 1.29 bits per heavy atom. The molecule has 2 rings (SSSR count). The Labute approximate surface area is 102 Å². The van der Waals surface area contributed by atoms with Gasteiger partial charge >= 0.3 is 0 Å². The number of rotatable bonds is 2. The van der Waals surface area contributed by atoms with Gasteiger partial charge in [0.2, 0.25) is 0 Å². The van der Waals surface area contributed by atoms with E-state index in [4.69, 9.17) is 5.73 Å². The van der Waals surface area contributed by atoms with E-state index < -0.39 is 5.82 Å². The molecule has 1 aromatic rings. The first kappa shape index (κ1) is 12.4. The Morgan fingerprint density at radius 2 is 1.94 bits per heavy atom. The van der Waals surface area contributed by atoms with Gasteiger partial charge in [0.05, 0.1) is 0 Å². The molecule has 1 saturated carbocycles. The van der Waals surface area contributed by atoms with Gasteiger partial charge in [-0.3, -0.25) is 0 Å². The first-order chi connectivity index (χ1) is 8.10. The van der Waals surface area contributed by atoms with E-state index in [2.05, 4.69) is 0 Å². The first-order valence-corrected chi connectivity index (χ1v) is 6.29. The molecular weight excluding hydrogens is 217 g/mol. The Morgan fingerprint density at radius 3 is 2.53 bits per heavy atom. The molecule has 0 unspecified atom stereocenters. The minimum Gasteiger partial charge on any atom is -0.505 e. The second kappa shape index (κ2) is 4.65. The summed E-state index contributed by atoms with van der Waals surface area (Å²) in [4.78, 5) is 0. The lowest BCUT2D eigenvalue weighted by molar-refractivity contribution is 0.287. The van der Waals surface area contributed by atoms with E-state index in [9.17, 15) is 9.50 Å². The van der Waals surface area contributed by atoms with E-state index >= 15 is 0 Å². The molecule has 1 aromatic carbocycles. The van der Waals surface area contributed by atoms with E-state index in [0.717, 1.165) is 25.7 Å². The fourth-order valence-corrected chi connectivity index (χ4v) is 2.91. The lowest BCUT2D eigenvalue weighted by Gasteiger charge is -2.37. The fraction of sp³-hybridized carbons (Fsp3) is 0.571. The lowest BCUT2D eigenvalue weighted by atomic mass is 9.69. The maximum absolute atomic E-state index is 13.8. The Hall–Kier alpha value is -1.09. The zero-order chi connectivity index (χ0) is 12.5. The molecule has 2 nitrogen and oxygen atoms in total. The van der Waals surface area contributed by atoms with Crippen molar-refractivity contribution in [1.82, 2.24) is 0 Å². The van der Waals surface area contributed by atoms with Crippen LogP contribution in [0.15, 0.2) is 12.1 Å². The molecule has 0 heterocycles. The van der Waals surface area contributed by atoms with Crippen molar-refractivity contribution in [3.8, 4) is 5.75 Å². The monoisotopic (exact) mass is 237 g/mol. The lowest BCUT2D eigenvalue weighted by Crippen LogP contribution is -2.37. The minimum absolute atomic E-state index is 0.197. The SMILES string of the molecule is Cc1ccc(C2(CN)CCCCC2)c(O)c1F. The number of halogens is 1. The summed E-state index contributed by atoms with van der Waals surface area (Å²) >= 11 is 0. The van der Waals surface area contributed by atoms with Gasteiger partial charge in [-0.2, -0.15) is 0 Å². The zero-order valence-corrected chi connectivity index (χ0v) is 10.3. The van der Waals surface area contributed by atoms with Gasteiger partial charge in [0.1, 0.15) is 0 Å². The van der Waals surface area contributed by atoms with Crippen molar-refractivity contribution >= 4 is 0 Å². The van der Waals surface area contributed by atoms with Crippen LogP contribution in [0.4, 0.5) is 4.39 Å². The molecular formula is C14H20FNO. The molecule has 1 aliphatic rings. The number of nitrogens with two attached hydrogens (primary N) is 1. The topological polar surface area (TPSA) is 46.2 Å². The molecule has 1 fully saturated rings. The highest BCUT2D eigenvalue weighted by Gasteiger charge is 2.35. The third kappa shape index (κ3) is 2.04. The summed E-state index contributed by atoms with van der Waals surface area (Å²) in [6.45, 7) is 2.14. The number of hydrogen-bond acceptors (Lipinski definition) is 2. The van der Waals surface area contributed by atoms with Crippen molar-refractivity contribution in [2.75, 3.05) is 6.54 Å². The van der Waals surface area contributed by atoms with Crippen molar-refractivity contribution in [1.29, 1.82) is 0 Å². The highest BCUT2D eigenvalue weighted by molar-refractivity contribution is 5.43. The molecule has 0 spiro atoms. The standard InChI is InChI=1S/C14H20FNO/c1-10-5-6-11(13(17)12(10)15)14(9-16)7-3-2-4-8-14/h5-6,17H,2-4,7-9,16H2,1H3. The summed E-state index contributed by atoms with van der Waals surface area (Å²) in [5.74, 6) is -0.696. The highest BCUT2D eigenvalue weighted by Crippen LogP contribution is 2.43. The highest BCUT2D eigenvalue weighted by atomic mass is 19.1. The number of phenolic OH excluding ortho intramolecular Hbond substituents is 1. The van der Waals surface area contributed by atoms with Crippen LogP contribution in [0.1, 0.15) is 43.2 Å². The summed E-state index contributed by atoms with van der Waals surface area (Å²) in [6, 6.07) is 3.57. The second-order valence-electron chi connectivity index (χ2n) is 5.14. The molecule has 0 aromatic heterocycles. The normalized spacial score (nSPS) is 19.2. The molecule has 0 saturated heterocycles. The van der Waals surface area contributed by atoms with Gasteiger partial charge in [-0.05, 0) is 25.3 Å². The Balaban J connectivity index is 2.47. The van der Waals surface area contributed by atoms with Gasteiger partial charge in [-0.25, -0.2) is 4.39 Å². The molecule has 17 heavy (non-hydrogen) atoms. The van der Waals surface area contributed by atoms with Crippen LogP contribution < -0.4 is 5.73 Å². The van der Waals surface area contributed by atoms with Gasteiger partial charge in [0.15, 0.2) is 11.6 Å². The van der Waals surface area contributed by atoms with Gasteiger partial charge < -0.3 is 10.8 Å². The molecule has 1 aliphatic carbocycles. The smallest absolute Gasteiger partial charge is 0.168 e. The van der Waals surface area contributed by atoms with E-state index in [1.807, 2.05) is 6.07 Å². The van der Waals surface area contributed by atoms with Crippen molar-refractivity contribution in [2.45, 2.75) is 44.4 Å². The summed E-state index contributed by atoms with van der Waals surface area (Å²) < 4.78 is 13.8. The van der Waals surface area contributed by atoms with Gasteiger partial charge in [-0.1, -0.05) is 31.4 Å². The third-order valence-corrected chi connectivity index (χ3v) is 4.08. The molecule has 0 amide bonds. The van der Waals surface area contributed by atoms with Crippen LogP contribution in [-0.4, -0.2) is 11.7 Å². The molecule has 0 bridgehead atoms. The second-order valence-corrected chi connectivity index (χ2v) is 5.14. The zero-order valence-electron chi connectivity index (χ0n) is 10.3. The number of phenols is 1. The van der Waals surface area contributed by atoms with E-state index in [1.165, 1.54) is 6.42 Å². The molecule has 3 heteroatoms. The third-order valence-electron chi connectivity index (χ3n) is 4.08. The maximum atomic E-state index is 13.8. The van der Waals surface area contributed by atoms with Crippen molar-refractivity contribution in [2.24, 2.45) is 5.73 Å². The van der Waals surface area contributed by atoms with Crippen molar-refractivity contribution < 1.29 is 9.50 Å². The van der Waals surface area contributed by atoms with Crippen molar-refractivity contribution in [3.05, 3.63) is 29.1 Å². The largest absolute Gasteiger partial charge is 0.505 e. The summed E-state index contributed by atoms with van der Waals surface area (Å²) in [5.41, 5.74) is 6.85. The predicted octanol–water partition coefficient (Wildman–Crippen LogP) is 3.00. The predicted molar refractivity (Wildman–Crippen MR) is 66.6 cm³/mol. The molecule has 0 aliphatic heterocycles. The Bertz CT molecular complexity index is 411. The van der Waals surface area contributed by atoms with E-state index in [0.29, 0.717) is 17.7 Å². The molecule has 94 valence electrons. The first-order valence-electron chi connectivity index (χ1n) is 6.29. The van der Waals surface area contributed by atoms with Crippen molar-refractivity contribution in [3.63, 3.8) is 0 Å². The van der Waals surface area contributed by atoms with Crippen LogP contribution in [0.2, 0.25) is 0 Å². The average molecular weight is 237 g/mol. The quantitative estimate of drug-likeness (QED) is 0.830. The maximum Gasteiger partial charge on any atom is 0.168 e. The Kier molecular flexibility index (Phi) is 3.38. The van der Waals surface area contributed by atoms with Gasteiger partial charge in [0.25, 0.3) is 0 Å². The van der Waals surface area contributed by atoms with Crippen LogP contribution in [0, 0.1) is 12.7 Å². The number of aromatic hydroxyl groups is 1. The molecule has 0 radical (unpaired) electrons. The average Bonchev–Trinajstić information content (AvgIpc) is 2.37. The molecule has 0 atom stereocenters. The fourth-order valence-electron chi connectivity index (χ4n) is 2.91. The van der Waals surface area contributed by atoms with E-state index in [-0.39, 0.29) is 11.2 Å². The van der Waals surface area contributed by atoms with Gasteiger partial charge in [-0.15, -0.1) is 0 Å².